The summed E-state index contributed by atoms with van der Waals surface area (Å²) in [7, 11) is -3.49. The summed E-state index contributed by atoms with van der Waals surface area (Å²) in [6.07, 6.45) is -3.05. The Labute approximate surface area is 171 Å². The van der Waals surface area contributed by atoms with E-state index in [9.17, 15) is 26.4 Å². The van der Waals surface area contributed by atoms with Gasteiger partial charge in [0.15, 0.2) is 0 Å². The Kier molecular flexibility index (Phi) is 6.65. The van der Waals surface area contributed by atoms with Gasteiger partial charge in [0.1, 0.15) is 4.21 Å². The van der Waals surface area contributed by atoms with E-state index in [0.717, 1.165) is 12.1 Å². The van der Waals surface area contributed by atoms with E-state index in [1.807, 2.05) is 0 Å². The van der Waals surface area contributed by atoms with Gasteiger partial charge in [-0.05, 0) is 48.4 Å². The maximum atomic E-state index is 12.6. The maximum absolute atomic E-state index is 12.6. The zero-order chi connectivity index (χ0) is 21.1. The first-order chi connectivity index (χ1) is 13.7. The standard InChI is InChI=1S/C19H21F3N2O3S2/c20-19(21,22)16-5-3-14(4-6-16)7-10-23-18(25)15-8-11-24(12-9-15)29(26,27)17-2-1-13-28-17/h1-6,13,15H,7-12H2,(H,23,25). The third-order valence-electron chi connectivity index (χ3n) is 4.91. The second kappa shape index (κ2) is 8.85. The predicted molar refractivity (Wildman–Crippen MR) is 104 cm³/mol. The largest absolute Gasteiger partial charge is 0.416 e. The molecule has 1 saturated heterocycles. The van der Waals surface area contributed by atoms with E-state index in [4.69, 9.17) is 0 Å². The quantitative estimate of drug-likeness (QED) is 0.738. The number of alkyl halides is 3. The van der Waals surface area contributed by atoms with Crippen LogP contribution in [0.15, 0.2) is 46.0 Å². The van der Waals surface area contributed by atoms with Gasteiger partial charge in [0.25, 0.3) is 10.0 Å². The molecule has 2 aromatic rings. The topological polar surface area (TPSA) is 66.5 Å². The van der Waals surface area contributed by atoms with E-state index in [1.165, 1.54) is 27.8 Å². The molecule has 1 aromatic carbocycles. The minimum Gasteiger partial charge on any atom is -0.356 e. The highest BCUT2D eigenvalue weighted by Gasteiger charge is 2.32. The predicted octanol–water partition coefficient (Wildman–Crippen LogP) is 3.53. The molecule has 158 valence electrons. The monoisotopic (exact) mass is 446 g/mol. The molecule has 0 unspecified atom stereocenters. The fourth-order valence-electron chi connectivity index (χ4n) is 3.23. The average molecular weight is 447 g/mol. The van der Waals surface area contributed by atoms with E-state index in [2.05, 4.69) is 5.32 Å². The van der Waals surface area contributed by atoms with Crippen LogP contribution >= 0.6 is 11.3 Å². The van der Waals surface area contributed by atoms with E-state index < -0.39 is 21.8 Å². The second-order valence-electron chi connectivity index (χ2n) is 6.85. The van der Waals surface area contributed by atoms with Crippen molar-refractivity contribution in [1.82, 2.24) is 9.62 Å². The summed E-state index contributed by atoms with van der Waals surface area (Å²) in [4.78, 5) is 12.3. The van der Waals surface area contributed by atoms with E-state index >= 15 is 0 Å². The molecule has 1 amide bonds. The van der Waals surface area contributed by atoms with E-state index in [1.54, 1.807) is 17.5 Å². The Hall–Kier alpha value is -1.91. The number of carbonyl (C=O) groups excluding carboxylic acids is 1. The number of carbonyl (C=O) groups is 1. The molecule has 0 aliphatic carbocycles. The summed E-state index contributed by atoms with van der Waals surface area (Å²) >= 11 is 1.17. The van der Waals surface area contributed by atoms with Crippen molar-refractivity contribution in [2.24, 2.45) is 5.92 Å². The number of amides is 1. The molecular formula is C19H21F3N2O3S2. The van der Waals surface area contributed by atoms with Crippen LogP contribution in [0, 0.1) is 5.92 Å². The zero-order valence-electron chi connectivity index (χ0n) is 15.5. The van der Waals surface area contributed by atoms with Crippen LogP contribution in [-0.4, -0.2) is 38.3 Å². The van der Waals surface area contributed by atoms with Crippen molar-refractivity contribution in [2.45, 2.75) is 29.6 Å². The summed E-state index contributed by atoms with van der Waals surface area (Å²) in [5, 5.41) is 4.51. The van der Waals surface area contributed by atoms with Gasteiger partial charge in [0, 0.05) is 25.6 Å². The molecule has 1 fully saturated rings. The van der Waals surface area contributed by atoms with Crippen molar-refractivity contribution in [2.75, 3.05) is 19.6 Å². The molecule has 0 radical (unpaired) electrons. The van der Waals surface area contributed by atoms with Gasteiger partial charge in [-0.2, -0.15) is 17.5 Å². The number of hydrogen-bond acceptors (Lipinski definition) is 4. The molecule has 0 bridgehead atoms. The van der Waals surface area contributed by atoms with Gasteiger partial charge in [-0.1, -0.05) is 18.2 Å². The lowest BCUT2D eigenvalue weighted by molar-refractivity contribution is -0.137. The number of sulfonamides is 1. The van der Waals surface area contributed by atoms with Crippen LogP contribution < -0.4 is 5.32 Å². The third-order valence-corrected chi connectivity index (χ3v) is 8.18. The lowest BCUT2D eigenvalue weighted by Gasteiger charge is -2.30. The Balaban J connectivity index is 1.44. The van der Waals surface area contributed by atoms with Gasteiger partial charge in [0.05, 0.1) is 5.56 Å². The maximum Gasteiger partial charge on any atom is 0.416 e. The molecule has 1 aliphatic heterocycles. The molecule has 10 heteroatoms. The molecule has 0 atom stereocenters. The minimum atomic E-state index is -4.36. The Morgan fingerprint density at radius 1 is 1.14 bits per heavy atom. The zero-order valence-corrected chi connectivity index (χ0v) is 17.1. The first kappa shape index (κ1) is 21.8. The average Bonchev–Trinajstić information content (AvgIpc) is 3.23. The Bertz CT molecular complexity index is 919. The van der Waals surface area contributed by atoms with Crippen LogP contribution in [0.4, 0.5) is 13.2 Å². The SMILES string of the molecule is O=C(NCCc1ccc(C(F)(F)F)cc1)C1CCN(S(=O)(=O)c2cccs2)CC1. The third kappa shape index (κ3) is 5.37. The Morgan fingerprint density at radius 2 is 1.79 bits per heavy atom. The summed E-state index contributed by atoms with van der Waals surface area (Å²) < 4.78 is 64.4. The number of nitrogens with one attached hydrogen (secondary N) is 1. The van der Waals surface area contributed by atoms with Gasteiger partial charge in [-0.15, -0.1) is 11.3 Å². The normalized spacial score (nSPS) is 16.7. The second-order valence-corrected chi connectivity index (χ2v) is 9.96. The van der Waals surface area contributed by atoms with Gasteiger partial charge in [0.2, 0.25) is 5.91 Å². The van der Waals surface area contributed by atoms with Gasteiger partial charge >= 0.3 is 6.18 Å². The van der Waals surface area contributed by atoms with Crippen LogP contribution in [0.3, 0.4) is 0 Å². The smallest absolute Gasteiger partial charge is 0.356 e. The first-order valence-electron chi connectivity index (χ1n) is 9.15. The summed E-state index contributed by atoms with van der Waals surface area (Å²) in [5.41, 5.74) is 0.00436. The van der Waals surface area contributed by atoms with Gasteiger partial charge in [-0.3, -0.25) is 4.79 Å². The van der Waals surface area contributed by atoms with Crippen LogP contribution in [0.5, 0.6) is 0 Å². The summed E-state index contributed by atoms with van der Waals surface area (Å²) in [5.74, 6) is -0.414. The van der Waals surface area contributed by atoms with E-state index in [0.29, 0.717) is 35.6 Å². The van der Waals surface area contributed by atoms with Crippen LogP contribution in [0.25, 0.3) is 0 Å². The van der Waals surface area contributed by atoms with Crippen molar-refractivity contribution in [3.63, 3.8) is 0 Å². The van der Waals surface area contributed by atoms with Gasteiger partial charge < -0.3 is 5.32 Å². The molecule has 2 heterocycles. The minimum absolute atomic E-state index is 0.148. The molecule has 1 N–H and O–H groups in total. The number of nitrogens with zero attached hydrogens (tertiary/aromatic N) is 1. The number of piperidine rings is 1. The highest BCUT2D eigenvalue weighted by molar-refractivity contribution is 7.91. The summed E-state index contributed by atoms with van der Waals surface area (Å²) in [6.45, 7) is 0.895. The molecule has 1 aliphatic rings. The summed E-state index contributed by atoms with van der Waals surface area (Å²) in [6, 6.07) is 8.13. The van der Waals surface area contributed by atoms with E-state index in [-0.39, 0.29) is 24.9 Å². The van der Waals surface area contributed by atoms with Crippen LogP contribution in [-0.2, 0) is 27.4 Å². The molecule has 5 nitrogen and oxygen atoms in total. The fourth-order valence-corrected chi connectivity index (χ4v) is 5.84. The van der Waals surface area contributed by atoms with Gasteiger partial charge in [-0.25, -0.2) is 8.42 Å². The Morgan fingerprint density at radius 3 is 2.34 bits per heavy atom. The molecular weight excluding hydrogens is 425 g/mol. The first-order valence-corrected chi connectivity index (χ1v) is 11.5. The molecule has 1 aromatic heterocycles. The van der Waals surface area contributed by atoms with Crippen molar-refractivity contribution in [3.8, 4) is 0 Å². The highest BCUT2D eigenvalue weighted by Crippen LogP contribution is 2.29. The fraction of sp³-hybridized carbons (Fsp3) is 0.421. The molecule has 29 heavy (non-hydrogen) atoms. The highest BCUT2D eigenvalue weighted by atomic mass is 32.2. The van der Waals surface area contributed by atoms with Crippen molar-refractivity contribution < 1.29 is 26.4 Å². The number of halogens is 3. The number of benzene rings is 1. The molecule has 3 rings (SSSR count). The number of hydrogen-bond donors (Lipinski definition) is 1. The number of thiophene rings is 1. The molecule has 0 saturated carbocycles. The lowest BCUT2D eigenvalue weighted by Crippen LogP contribution is -2.43. The number of rotatable bonds is 6. The van der Waals surface area contributed by atoms with Crippen molar-refractivity contribution in [3.05, 3.63) is 52.9 Å². The lowest BCUT2D eigenvalue weighted by atomic mass is 9.97. The van der Waals surface area contributed by atoms with Crippen molar-refractivity contribution in [1.29, 1.82) is 0 Å². The van der Waals surface area contributed by atoms with Crippen LogP contribution in [0.2, 0.25) is 0 Å². The molecule has 0 spiro atoms. The van der Waals surface area contributed by atoms with Crippen molar-refractivity contribution >= 4 is 27.3 Å². The van der Waals surface area contributed by atoms with Crippen LogP contribution in [0.1, 0.15) is 24.0 Å².